The number of hydrogen-bond donors (Lipinski definition) is 10. The first kappa shape index (κ1) is 33.4. The molecule has 5 unspecified atom stereocenters. The fraction of sp³-hybridized carbons (Fsp3) is 0.958. The second-order valence-electron chi connectivity index (χ2n) is 11.0. The predicted octanol–water partition coefficient (Wildman–Crippen LogP) is -4.90. The molecule has 40 heavy (non-hydrogen) atoms. The fourth-order valence-corrected chi connectivity index (χ4v) is 5.49. The Labute approximate surface area is 233 Å². The fourth-order valence-electron chi connectivity index (χ4n) is 5.49. The van der Waals surface area contributed by atoms with Crippen molar-refractivity contribution in [2.45, 2.75) is 105 Å². The molecular weight excluding hydrogens is 535 g/mol. The maximum atomic E-state index is 12.5. The van der Waals surface area contributed by atoms with E-state index in [0.717, 1.165) is 0 Å². The molecule has 0 aromatic rings. The summed E-state index contributed by atoms with van der Waals surface area (Å²) in [7, 11) is 1.56. The number of carbonyl (C=O) groups excluding carboxylic acids is 1. The van der Waals surface area contributed by atoms with E-state index in [2.05, 4.69) is 16.0 Å². The molecule has 0 radical (unpaired) electrons. The lowest BCUT2D eigenvalue weighted by molar-refractivity contribution is -0.307. The molecule has 3 fully saturated rings. The van der Waals surface area contributed by atoms with Crippen LogP contribution in [0.4, 0.5) is 4.39 Å². The van der Waals surface area contributed by atoms with Crippen molar-refractivity contribution in [3.05, 3.63) is 0 Å². The Morgan fingerprint density at radius 2 is 1.85 bits per heavy atom. The summed E-state index contributed by atoms with van der Waals surface area (Å²) in [5.41, 5.74) is 16.6. The third-order valence-corrected chi connectivity index (χ3v) is 7.74. The first-order valence-electron chi connectivity index (χ1n) is 13.7. The van der Waals surface area contributed by atoms with Crippen LogP contribution in [0.25, 0.3) is 0 Å². The second kappa shape index (κ2) is 14.9. The molecule has 3 aliphatic rings. The number of nitrogens with one attached hydrogen (secondary N) is 3. The molecule has 0 aromatic heterocycles. The summed E-state index contributed by atoms with van der Waals surface area (Å²) in [6, 6.07) is -3.09. The summed E-state index contributed by atoms with van der Waals surface area (Å²) in [4.78, 5) is 12.5. The number of rotatable bonds is 12. The van der Waals surface area contributed by atoms with E-state index < -0.39 is 85.5 Å². The summed E-state index contributed by atoms with van der Waals surface area (Å²) >= 11 is 0. The molecule has 1 amide bonds. The molecule has 2 saturated heterocycles. The minimum absolute atomic E-state index is 0.0505. The van der Waals surface area contributed by atoms with Gasteiger partial charge in [-0.05, 0) is 33.2 Å². The molecule has 13 atom stereocenters. The zero-order valence-electron chi connectivity index (χ0n) is 23.0. The first-order valence-corrected chi connectivity index (χ1v) is 13.7. The smallest absolute Gasteiger partial charge is 0.250 e. The van der Waals surface area contributed by atoms with E-state index in [-0.39, 0.29) is 32.2 Å². The molecule has 234 valence electrons. The van der Waals surface area contributed by atoms with E-state index in [4.69, 9.17) is 36.1 Å². The van der Waals surface area contributed by atoms with Gasteiger partial charge in [0, 0.05) is 25.7 Å². The van der Waals surface area contributed by atoms with Crippen LogP contribution < -0.4 is 33.2 Å². The first-order chi connectivity index (χ1) is 18.9. The Hall–Kier alpha value is -1.12. The van der Waals surface area contributed by atoms with Crippen molar-refractivity contribution < 1.29 is 48.6 Å². The van der Waals surface area contributed by atoms with Crippen LogP contribution in [0.2, 0.25) is 0 Å². The molecule has 2 heterocycles. The number of likely N-dealkylation sites (N-methyl/N-ethyl adjacent to an activating group) is 1. The van der Waals surface area contributed by atoms with Gasteiger partial charge in [-0.3, -0.25) is 4.79 Å². The third kappa shape index (κ3) is 8.03. The van der Waals surface area contributed by atoms with E-state index in [1.165, 1.54) is 6.92 Å². The van der Waals surface area contributed by atoms with Crippen molar-refractivity contribution in [1.82, 2.24) is 16.0 Å². The lowest BCUT2D eigenvalue weighted by Gasteiger charge is -2.49. The zero-order chi connectivity index (χ0) is 29.6. The predicted molar refractivity (Wildman–Crippen MR) is 139 cm³/mol. The largest absolute Gasteiger partial charge is 0.388 e. The molecule has 15 nitrogen and oxygen atoms in total. The quantitative estimate of drug-likeness (QED) is 0.0969. The van der Waals surface area contributed by atoms with Gasteiger partial charge in [-0.15, -0.1) is 0 Å². The number of amides is 1. The van der Waals surface area contributed by atoms with Crippen molar-refractivity contribution >= 4 is 5.91 Å². The van der Waals surface area contributed by atoms with E-state index >= 15 is 0 Å². The average molecular weight is 583 g/mol. The number of alkyl halides is 1. The van der Waals surface area contributed by atoms with Gasteiger partial charge in [-0.1, -0.05) is 0 Å². The van der Waals surface area contributed by atoms with E-state index in [1.54, 1.807) is 7.05 Å². The van der Waals surface area contributed by atoms with Gasteiger partial charge in [0.05, 0.1) is 30.8 Å². The molecule has 1 saturated carbocycles. The molecule has 13 N–H and O–H groups in total. The Morgan fingerprint density at radius 3 is 2.50 bits per heavy atom. The van der Waals surface area contributed by atoms with Crippen molar-refractivity contribution in [1.29, 1.82) is 0 Å². The van der Waals surface area contributed by atoms with Gasteiger partial charge in [0.15, 0.2) is 12.6 Å². The van der Waals surface area contributed by atoms with Crippen LogP contribution in [0.5, 0.6) is 0 Å². The Morgan fingerprint density at radius 1 is 1.15 bits per heavy atom. The molecule has 3 rings (SSSR count). The van der Waals surface area contributed by atoms with Crippen molar-refractivity contribution in [2.75, 3.05) is 40.0 Å². The minimum Gasteiger partial charge on any atom is -0.388 e. The number of halogens is 1. The second-order valence-corrected chi connectivity index (χ2v) is 11.0. The van der Waals surface area contributed by atoms with Crippen molar-refractivity contribution in [2.24, 2.45) is 17.2 Å². The highest BCUT2D eigenvalue weighted by molar-refractivity contribution is 5.81. The number of hydrogen-bond acceptors (Lipinski definition) is 14. The Bertz CT molecular complexity index is 804. The van der Waals surface area contributed by atoms with Gasteiger partial charge in [0.1, 0.15) is 42.8 Å². The van der Waals surface area contributed by atoms with Crippen LogP contribution in [0, 0.1) is 0 Å². The number of aliphatic hydroxyl groups excluding tert-OH is 3. The molecule has 0 spiro atoms. The van der Waals surface area contributed by atoms with Crippen LogP contribution in [-0.4, -0.2) is 145 Å². The lowest BCUT2D eigenvalue weighted by Crippen LogP contribution is -2.69. The average Bonchev–Trinajstić information content (AvgIpc) is 2.91. The molecular formula is C24H47FN6O9. The highest BCUT2D eigenvalue weighted by Crippen LogP contribution is 2.32. The maximum Gasteiger partial charge on any atom is 0.250 e. The third-order valence-electron chi connectivity index (χ3n) is 7.74. The summed E-state index contributed by atoms with van der Waals surface area (Å²) in [6.07, 6.45) is -7.87. The SMILES string of the molecule is CN[C@@H]1C(O)[C@@H](OC2[C@@H](O)C(O[C@H]3O[C@H](CNCCF)CCC3N)[C@@H](N)C[C@H]2NC(=O)[C@@H](O)CN)OCC1(C)O. The lowest BCUT2D eigenvalue weighted by atomic mass is 9.83. The summed E-state index contributed by atoms with van der Waals surface area (Å²) in [6.45, 7) is 1.06. The van der Waals surface area contributed by atoms with E-state index in [0.29, 0.717) is 19.4 Å². The molecule has 16 heteroatoms. The monoisotopic (exact) mass is 582 g/mol. The Balaban J connectivity index is 1.78. The number of ether oxygens (including phenoxy) is 4. The van der Waals surface area contributed by atoms with Gasteiger partial charge in [0.25, 0.3) is 0 Å². The molecule has 2 aliphatic heterocycles. The summed E-state index contributed by atoms with van der Waals surface area (Å²) in [5, 5.41) is 51.2. The highest BCUT2D eigenvalue weighted by atomic mass is 19.1. The number of nitrogens with two attached hydrogens (primary N) is 3. The topological polar surface area (TPSA) is 249 Å². The standard InChI is InChI=1S/C24H47FN6O9/c1-24(36)10-37-23(17(34)20(24)29-2)40-19-14(31-21(35)15(32)8-26)7-13(28)18(16(19)33)39-22-12(27)4-3-11(38-22)9-30-6-5-25/h11-20,22-23,29-30,32-34,36H,3-10,26-28H2,1-2H3,(H,31,35)/t11-,12?,13-,14+,15-,16-,17?,18?,19?,20+,22+,23+,24?/m0/s1. The number of aliphatic hydroxyl groups is 4. The van der Waals surface area contributed by atoms with Crippen molar-refractivity contribution in [3.8, 4) is 0 Å². The van der Waals surface area contributed by atoms with Crippen LogP contribution in [0.3, 0.4) is 0 Å². The van der Waals surface area contributed by atoms with Crippen molar-refractivity contribution in [3.63, 3.8) is 0 Å². The van der Waals surface area contributed by atoms with E-state index in [9.17, 15) is 29.6 Å². The van der Waals surface area contributed by atoms with Crippen LogP contribution in [0.15, 0.2) is 0 Å². The molecule has 0 aromatic carbocycles. The van der Waals surface area contributed by atoms with Gasteiger partial charge in [-0.2, -0.15) is 0 Å². The van der Waals surface area contributed by atoms with Gasteiger partial charge in [-0.25, -0.2) is 4.39 Å². The van der Waals surface area contributed by atoms with Gasteiger partial charge < -0.3 is 72.5 Å². The van der Waals surface area contributed by atoms with Crippen LogP contribution >= 0.6 is 0 Å². The maximum absolute atomic E-state index is 12.5. The minimum atomic E-state index is -1.50. The van der Waals surface area contributed by atoms with Crippen LogP contribution in [0.1, 0.15) is 26.2 Å². The van der Waals surface area contributed by atoms with Gasteiger partial charge in [0.2, 0.25) is 5.91 Å². The normalized spacial score (nSPS) is 43.3. The van der Waals surface area contributed by atoms with Gasteiger partial charge >= 0.3 is 0 Å². The Kier molecular flexibility index (Phi) is 12.4. The number of carbonyl (C=O) groups is 1. The molecule has 1 aliphatic carbocycles. The van der Waals surface area contributed by atoms with Crippen LogP contribution in [-0.2, 0) is 23.7 Å². The molecule has 0 bridgehead atoms. The van der Waals surface area contributed by atoms with E-state index in [1.807, 2.05) is 0 Å². The zero-order valence-corrected chi connectivity index (χ0v) is 23.0. The highest BCUT2D eigenvalue weighted by Gasteiger charge is 2.52. The summed E-state index contributed by atoms with van der Waals surface area (Å²) < 4.78 is 36.2. The summed E-state index contributed by atoms with van der Waals surface area (Å²) in [5.74, 6) is -0.790.